The quantitative estimate of drug-likeness (QED) is 0.388. The van der Waals surface area contributed by atoms with Crippen LogP contribution in [-0.2, 0) is 0 Å². The van der Waals surface area contributed by atoms with E-state index in [4.69, 9.17) is 0 Å². The van der Waals surface area contributed by atoms with Gasteiger partial charge in [0.05, 0.1) is 0 Å². The molecular formula is C23H18OS. The lowest BCUT2D eigenvalue weighted by atomic mass is 9.99. The topological polar surface area (TPSA) is 17.1 Å². The largest absolute Gasteiger partial charge is 0.289 e. The second-order valence-electron chi connectivity index (χ2n) is 6.05. The molecular weight excluding hydrogens is 324 g/mol. The van der Waals surface area contributed by atoms with Crippen LogP contribution in [0.3, 0.4) is 0 Å². The van der Waals surface area contributed by atoms with Crippen LogP contribution in [-0.4, -0.2) is 0 Å². The van der Waals surface area contributed by atoms with Crippen molar-refractivity contribution in [3.8, 4) is 11.1 Å². The third-order valence-corrected chi connectivity index (χ3v) is 5.55. The van der Waals surface area contributed by atoms with E-state index in [1.54, 1.807) is 11.3 Å². The van der Waals surface area contributed by atoms with Crippen molar-refractivity contribution in [1.82, 2.24) is 0 Å². The molecule has 1 nitrogen and oxygen atoms in total. The molecule has 4 aromatic rings. The van der Waals surface area contributed by atoms with Gasteiger partial charge in [-0.05, 0) is 41.8 Å². The fraction of sp³-hybridized carbons (Fsp3) is 0.0870. The zero-order valence-corrected chi connectivity index (χ0v) is 14.8. The Morgan fingerprint density at radius 2 is 1.68 bits per heavy atom. The molecule has 4 rings (SSSR count). The van der Waals surface area contributed by atoms with Gasteiger partial charge in [-0.2, -0.15) is 0 Å². The third kappa shape index (κ3) is 2.90. The molecule has 0 unspecified atom stereocenters. The summed E-state index contributed by atoms with van der Waals surface area (Å²) in [5, 5.41) is 1.61. The molecule has 0 atom stereocenters. The Hall–Kier alpha value is -2.71. The van der Waals surface area contributed by atoms with Gasteiger partial charge in [0, 0.05) is 25.7 Å². The first-order valence-electron chi connectivity index (χ1n) is 8.49. The molecule has 0 spiro atoms. The summed E-state index contributed by atoms with van der Waals surface area (Å²) in [7, 11) is 0. The molecule has 25 heavy (non-hydrogen) atoms. The molecule has 0 bridgehead atoms. The molecule has 0 saturated heterocycles. The van der Waals surface area contributed by atoms with Gasteiger partial charge in [-0.25, -0.2) is 0 Å². The van der Waals surface area contributed by atoms with Crippen molar-refractivity contribution < 1.29 is 0 Å². The van der Waals surface area contributed by atoms with E-state index in [9.17, 15) is 4.79 Å². The lowest BCUT2D eigenvalue weighted by Crippen LogP contribution is -2.02. The van der Waals surface area contributed by atoms with Gasteiger partial charge < -0.3 is 0 Å². The predicted octanol–water partition coefficient (Wildman–Crippen LogP) is 6.50. The summed E-state index contributed by atoms with van der Waals surface area (Å²) >= 11 is 1.70. The van der Waals surface area contributed by atoms with Crippen LogP contribution in [0.2, 0.25) is 0 Å². The molecule has 0 amide bonds. The Morgan fingerprint density at radius 1 is 0.920 bits per heavy atom. The van der Waals surface area contributed by atoms with Crippen molar-refractivity contribution in [2.24, 2.45) is 0 Å². The van der Waals surface area contributed by atoms with E-state index in [-0.39, 0.29) is 5.43 Å². The van der Waals surface area contributed by atoms with Crippen LogP contribution in [0.25, 0.3) is 37.4 Å². The van der Waals surface area contributed by atoms with Crippen molar-refractivity contribution >= 4 is 37.6 Å². The monoisotopic (exact) mass is 342 g/mol. The molecule has 0 saturated carbocycles. The Labute approximate surface area is 150 Å². The van der Waals surface area contributed by atoms with Crippen molar-refractivity contribution in [2.45, 2.75) is 13.3 Å². The highest BCUT2D eigenvalue weighted by Crippen LogP contribution is 2.35. The molecule has 0 radical (unpaired) electrons. The first-order chi connectivity index (χ1) is 12.3. The van der Waals surface area contributed by atoms with Crippen LogP contribution in [0.4, 0.5) is 0 Å². The van der Waals surface area contributed by atoms with Gasteiger partial charge in [-0.15, -0.1) is 11.3 Å². The first-order valence-corrected chi connectivity index (χ1v) is 9.31. The van der Waals surface area contributed by atoms with Gasteiger partial charge in [0.15, 0.2) is 5.43 Å². The highest BCUT2D eigenvalue weighted by molar-refractivity contribution is 7.25. The van der Waals surface area contributed by atoms with Gasteiger partial charge in [-0.1, -0.05) is 61.5 Å². The molecule has 0 aliphatic carbocycles. The minimum atomic E-state index is 0.119. The fourth-order valence-electron chi connectivity index (χ4n) is 3.11. The maximum Gasteiger partial charge on any atom is 0.195 e. The second kappa shape index (κ2) is 6.66. The van der Waals surface area contributed by atoms with E-state index in [0.717, 1.165) is 43.3 Å². The second-order valence-corrected chi connectivity index (χ2v) is 7.10. The first kappa shape index (κ1) is 15.8. The summed E-state index contributed by atoms with van der Waals surface area (Å²) in [5.41, 5.74) is 3.47. The Balaban J connectivity index is 2.14. The third-order valence-electron chi connectivity index (χ3n) is 4.33. The molecule has 0 aliphatic rings. The minimum absolute atomic E-state index is 0.119. The Bertz CT molecular complexity index is 1140. The average Bonchev–Trinajstić information content (AvgIpc) is 2.67. The van der Waals surface area contributed by atoms with Crippen molar-refractivity contribution in [1.29, 1.82) is 0 Å². The lowest BCUT2D eigenvalue weighted by Gasteiger charge is -2.09. The van der Waals surface area contributed by atoms with Crippen LogP contribution in [0, 0.1) is 0 Å². The van der Waals surface area contributed by atoms with E-state index in [1.807, 2.05) is 48.5 Å². The van der Waals surface area contributed by atoms with Crippen molar-refractivity contribution in [3.63, 3.8) is 0 Å². The standard InChI is InChI=1S/C23H18OS/c1-2-3-9-16-14-19(17-10-5-4-6-11-17)23-20(15-16)22(24)18-12-7-8-13-21(18)25-23/h3-15H,2H2,1H3. The van der Waals surface area contributed by atoms with Gasteiger partial charge in [0.1, 0.15) is 0 Å². The molecule has 122 valence electrons. The lowest BCUT2D eigenvalue weighted by molar-refractivity contribution is 1.23. The molecule has 0 N–H and O–H groups in total. The molecule has 3 aromatic carbocycles. The van der Waals surface area contributed by atoms with Crippen LogP contribution in [0.5, 0.6) is 0 Å². The van der Waals surface area contributed by atoms with E-state index in [1.165, 1.54) is 0 Å². The van der Waals surface area contributed by atoms with E-state index in [2.05, 4.69) is 37.3 Å². The number of fused-ring (bicyclic) bond motifs is 2. The smallest absolute Gasteiger partial charge is 0.195 e. The summed E-state index contributed by atoms with van der Waals surface area (Å²) in [6, 6.07) is 22.4. The highest BCUT2D eigenvalue weighted by atomic mass is 32.1. The van der Waals surface area contributed by atoms with E-state index < -0.39 is 0 Å². The van der Waals surface area contributed by atoms with E-state index >= 15 is 0 Å². The number of allylic oxidation sites excluding steroid dienone is 1. The predicted molar refractivity (Wildman–Crippen MR) is 110 cm³/mol. The maximum absolute atomic E-state index is 13.1. The number of hydrogen-bond acceptors (Lipinski definition) is 2. The highest BCUT2D eigenvalue weighted by Gasteiger charge is 2.12. The summed E-state index contributed by atoms with van der Waals surface area (Å²) in [6.07, 6.45) is 5.21. The maximum atomic E-state index is 13.1. The fourth-order valence-corrected chi connectivity index (χ4v) is 4.30. The van der Waals surface area contributed by atoms with Crippen molar-refractivity contribution in [2.75, 3.05) is 0 Å². The molecule has 0 fully saturated rings. The zero-order chi connectivity index (χ0) is 17.2. The van der Waals surface area contributed by atoms with Gasteiger partial charge in [0.25, 0.3) is 0 Å². The average molecular weight is 342 g/mol. The molecule has 1 aromatic heterocycles. The van der Waals surface area contributed by atoms with Crippen LogP contribution in [0.15, 0.2) is 77.6 Å². The SMILES string of the molecule is CCC=Cc1cc(-c2ccccc2)c2sc3ccccc3c(=O)c2c1. The van der Waals surface area contributed by atoms with Crippen LogP contribution >= 0.6 is 11.3 Å². The Kier molecular flexibility index (Phi) is 4.21. The Morgan fingerprint density at radius 3 is 2.48 bits per heavy atom. The van der Waals surface area contributed by atoms with Gasteiger partial charge in [-0.3, -0.25) is 4.79 Å². The number of benzene rings is 3. The number of rotatable bonds is 3. The summed E-state index contributed by atoms with van der Waals surface area (Å²) in [5.74, 6) is 0. The normalized spacial score (nSPS) is 11.6. The summed E-state index contributed by atoms with van der Waals surface area (Å²) in [4.78, 5) is 13.1. The van der Waals surface area contributed by atoms with Crippen molar-refractivity contribution in [3.05, 3.63) is 88.6 Å². The van der Waals surface area contributed by atoms with Crippen LogP contribution < -0.4 is 5.43 Å². The summed E-state index contributed by atoms with van der Waals surface area (Å²) < 4.78 is 2.09. The molecule has 2 heteroatoms. The number of hydrogen-bond donors (Lipinski definition) is 0. The minimum Gasteiger partial charge on any atom is -0.289 e. The summed E-state index contributed by atoms with van der Waals surface area (Å²) in [6.45, 7) is 2.12. The molecule has 1 heterocycles. The zero-order valence-electron chi connectivity index (χ0n) is 14.0. The van der Waals surface area contributed by atoms with Gasteiger partial charge in [0.2, 0.25) is 0 Å². The van der Waals surface area contributed by atoms with E-state index in [0.29, 0.717) is 0 Å². The van der Waals surface area contributed by atoms with Gasteiger partial charge >= 0.3 is 0 Å². The van der Waals surface area contributed by atoms with Crippen LogP contribution in [0.1, 0.15) is 18.9 Å². The molecule has 0 aliphatic heterocycles.